The van der Waals surface area contributed by atoms with E-state index >= 15 is 0 Å². The minimum atomic E-state index is -0.879. The monoisotopic (exact) mass is 592 g/mol. The lowest BCUT2D eigenvalue weighted by atomic mass is 10.0. The minimum absolute atomic E-state index is 0.136. The maximum Gasteiger partial charge on any atom is 0.359 e. The normalized spacial score (nSPS) is 20.0. The zero-order valence-electron chi connectivity index (χ0n) is 25.6. The zero-order valence-corrected chi connectivity index (χ0v) is 25.6. The predicted molar refractivity (Wildman–Crippen MR) is 159 cm³/mol. The van der Waals surface area contributed by atoms with Crippen LogP contribution in [0.3, 0.4) is 0 Å². The molecule has 43 heavy (non-hydrogen) atoms. The molecule has 1 aromatic heterocycles. The van der Waals surface area contributed by atoms with E-state index in [0.717, 1.165) is 24.1 Å². The van der Waals surface area contributed by atoms with E-state index in [0.29, 0.717) is 36.5 Å². The van der Waals surface area contributed by atoms with Crippen LogP contribution in [0.5, 0.6) is 0 Å². The molecular weight excluding hydrogens is 551 g/mol. The van der Waals surface area contributed by atoms with E-state index in [1.165, 1.54) is 12.1 Å². The van der Waals surface area contributed by atoms with Gasteiger partial charge in [-0.2, -0.15) is 0 Å². The Labute approximate surface area is 252 Å². The average molecular weight is 593 g/mol. The number of halogens is 1. The summed E-state index contributed by atoms with van der Waals surface area (Å²) in [5.74, 6) is -1.24. The molecule has 2 fully saturated rings. The van der Waals surface area contributed by atoms with Gasteiger partial charge in [0.1, 0.15) is 23.8 Å². The van der Waals surface area contributed by atoms with Gasteiger partial charge >= 0.3 is 11.9 Å². The number of ether oxygens (including phenoxy) is 4. The van der Waals surface area contributed by atoms with Gasteiger partial charge in [-0.3, -0.25) is 4.79 Å². The van der Waals surface area contributed by atoms with Crippen LogP contribution in [0.1, 0.15) is 94.4 Å². The lowest BCUT2D eigenvalue weighted by Gasteiger charge is -2.41. The molecule has 5 rings (SSSR count). The van der Waals surface area contributed by atoms with Crippen LogP contribution in [0, 0.1) is 5.82 Å². The quantitative estimate of drug-likeness (QED) is 0.235. The lowest BCUT2D eigenvalue weighted by Crippen LogP contribution is -2.46. The van der Waals surface area contributed by atoms with Gasteiger partial charge in [0, 0.05) is 24.4 Å². The first kappa shape index (κ1) is 30.9. The highest BCUT2D eigenvalue weighted by Gasteiger charge is 2.39. The van der Waals surface area contributed by atoms with E-state index in [9.17, 15) is 14.0 Å². The van der Waals surface area contributed by atoms with Crippen LogP contribution in [0.4, 0.5) is 4.39 Å². The van der Waals surface area contributed by atoms with Crippen molar-refractivity contribution in [3.05, 3.63) is 77.4 Å². The van der Waals surface area contributed by atoms with E-state index in [1.807, 2.05) is 65.0 Å². The lowest BCUT2D eigenvalue weighted by molar-refractivity contribution is -0.301. The molecule has 0 spiro atoms. The smallest absolute Gasteiger partial charge is 0.359 e. The third-order valence-corrected chi connectivity index (χ3v) is 7.40. The molecule has 0 amide bonds. The number of hydrogen-bond acceptors (Lipinski definition) is 7. The average Bonchev–Trinajstić information content (AvgIpc) is 3.69. The second-order valence-corrected chi connectivity index (χ2v) is 12.9. The van der Waals surface area contributed by atoms with Crippen LogP contribution in [-0.2, 0) is 36.9 Å². The number of imidazole rings is 1. The molecule has 230 valence electrons. The van der Waals surface area contributed by atoms with Gasteiger partial charge in [-0.25, -0.2) is 14.2 Å². The Morgan fingerprint density at radius 2 is 1.70 bits per heavy atom. The second kappa shape index (κ2) is 12.6. The number of benzene rings is 2. The van der Waals surface area contributed by atoms with E-state index in [4.69, 9.17) is 23.9 Å². The summed E-state index contributed by atoms with van der Waals surface area (Å²) in [5, 5.41) is 0. The van der Waals surface area contributed by atoms with Crippen molar-refractivity contribution in [3.63, 3.8) is 0 Å². The fraction of sp³-hybridized carbons (Fsp3) is 0.500. The topological polar surface area (TPSA) is 88.9 Å². The van der Waals surface area contributed by atoms with Crippen LogP contribution in [0.15, 0.2) is 54.6 Å². The minimum Gasteiger partial charge on any atom is -0.460 e. The van der Waals surface area contributed by atoms with Crippen LogP contribution in [0.2, 0.25) is 0 Å². The Bertz CT molecular complexity index is 1420. The molecule has 3 aromatic rings. The van der Waals surface area contributed by atoms with Crippen LogP contribution in [-0.4, -0.2) is 45.1 Å². The van der Waals surface area contributed by atoms with Crippen molar-refractivity contribution in [3.8, 4) is 11.4 Å². The molecule has 1 aliphatic heterocycles. The molecule has 2 heterocycles. The molecule has 0 N–H and O–H groups in total. The Kier molecular flexibility index (Phi) is 9.04. The molecule has 9 heteroatoms. The SMILES string of the molecule is CC(C)(C)OC(=O)C[C@H]1C[C@@H](CCn2c(-c3ccc(F)cc3)nc(C(=O)OCc3ccccc3)c2C2CC2)OC(C)(C)O1. The summed E-state index contributed by atoms with van der Waals surface area (Å²) in [7, 11) is 0. The van der Waals surface area contributed by atoms with Gasteiger partial charge < -0.3 is 23.5 Å². The zero-order chi connectivity index (χ0) is 30.8. The molecule has 2 aliphatic rings. The molecule has 8 nitrogen and oxygen atoms in total. The van der Waals surface area contributed by atoms with Crippen molar-refractivity contribution in [1.82, 2.24) is 9.55 Å². The number of carbonyl (C=O) groups excluding carboxylic acids is 2. The second-order valence-electron chi connectivity index (χ2n) is 12.9. The van der Waals surface area contributed by atoms with Crippen molar-refractivity contribution in [2.45, 2.75) is 109 Å². The van der Waals surface area contributed by atoms with Crippen molar-refractivity contribution >= 4 is 11.9 Å². The standard InChI is InChI=1S/C34H41FN2O6/c1-33(2,3)43-28(38)20-27-19-26(41-34(4,5)42-27)17-18-37-30(23-11-12-23)29(32(39)40-21-22-9-7-6-8-10-22)36-31(37)24-13-15-25(35)16-14-24/h6-10,13-16,23,26-27H,11-12,17-21H2,1-5H3/t26-,27-/m1/s1. The van der Waals surface area contributed by atoms with Gasteiger partial charge in [-0.05, 0) is 83.7 Å². The van der Waals surface area contributed by atoms with Gasteiger partial charge in [0.25, 0.3) is 0 Å². The molecule has 2 atom stereocenters. The fourth-order valence-electron chi connectivity index (χ4n) is 5.59. The first-order chi connectivity index (χ1) is 20.4. The van der Waals surface area contributed by atoms with Gasteiger partial charge in [0.15, 0.2) is 11.5 Å². The maximum absolute atomic E-state index is 13.8. The van der Waals surface area contributed by atoms with Gasteiger partial charge in [-0.15, -0.1) is 0 Å². The number of aromatic nitrogens is 2. The highest BCUT2D eigenvalue weighted by molar-refractivity contribution is 5.90. The van der Waals surface area contributed by atoms with Gasteiger partial charge in [-0.1, -0.05) is 30.3 Å². The molecule has 0 bridgehead atoms. The largest absolute Gasteiger partial charge is 0.460 e. The van der Waals surface area contributed by atoms with Gasteiger partial charge in [0.2, 0.25) is 0 Å². The van der Waals surface area contributed by atoms with E-state index in [2.05, 4.69) is 4.57 Å². The van der Waals surface area contributed by atoms with E-state index in [-0.39, 0.29) is 42.9 Å². The van der Waals surface area contributed by atoms with Crippen molar-refractivity contribution in [2.24, 2.45) is 0 Å². The predicted octanol–water partition coefficient (Wildman–Crippen LogP) is 6.96. The van der Waals surface area contributed by atoms with E-state index in [1.54, 1.807) is 12.1 Å². The molecule has 2 aromatic carbocycles. The summed E-state index contributed by atoms with van der Waals surface area (Å²) >= 11 is 0. The summed E-state index contributed by atoms with van der Waals surface area (Å²) in [6.45, 7) is 9.88. The first-order valence-corrected chi connectivity index (χ1v) is 15.0. The molecular formula is C34H41FN2O6. The summed E-state index contributed by atoms with van der Waals surface area (Å²) in [6.07, 6.45) is 2.60. The highest BCUT2D eigenvalue weighted by Crippen LogP contribution is 2.44. The molecule has 1 aliphatic carbocycles. The summed E-state index contributed by atoms with van der Waals surface area (Å²) in [6, 6.07) is 15.7. The highest BCUT2D eigenvalue weighted by atomic mass is 19.1. The third kappa shape index (κ3) is 8.30. The number of carbonyl (C=O) groups is 2. The van der Waals surface area contributed by atoms with Crippen LogP contribution < -0.4 is 0 Å². The van der Waals surface area contributed by atoms with E-state index < -0.39 is 17.4 Å². The first-order valence-electron chi connectivity index (χ1n) is 15.0. The molecule has 1 saturated carbocycles. The maximum atomic E-state index is 13.8. The number of nitrogens with zero attached hydrogens (tertiary/aromatic N) is 2. The molecule has 0 radical (unpaired) electrons. The Morgan fingerprint density at radius 3 is 2.35 bits per heavy atom. The summed E-state index contributed by atoms with van der Waals surface area (Å²) in [5.41, 5.74) is 2.17. The Hall–Kier alpha value is -3.56. The number of rotatable bonds is 10. The summed E-state index contributed by atoms with van der Waals surface area (Å²) in [4.78, 5) is 30.8. The van der Waals surface area contributed by atoms with Crippen molar-refractivity contribution in [2.75, 3.05) is 0 Å². The summed E-state index contributed by atoms with van der Waals surface area (Å²) < 4.78 is 39.5. The molecule has 0 unspecified atom stereocenters. The number of esters is 2. The van der Waals surface area contributed by atoms with Crippen molar-refractivity contribution in [1.29, 1.82) is 0 Å². The van der Waals surface area contributed by atoms with Gasteiger partial charge in [0.05, 0.1) is 24.3 Å². The third-order valence-electron chi connectivity index (χ3n) is 7.40. The van der Waals surface area contributed by atoms with Crippen LogP contribution in [0.25, 0.3) is 11.4 Å². The Balaban J connectivity index is 1.39. The van der Waals surface area contributed by atoms with Crippen LogP contribution >= 0.6 is 0 Å². The Morgan fingerprint density at radius 1 is 1.02 bits per heavy atom. The number of hydrogen-bond donors (Lipinski definition) is 0. The fourth-order valence-corrected chi connectivity index (χ4v) is 5.59. The molecule has 1 saturated heterocycles. The van der Waals surface area contributed by atoms with Crippen molar-refractivity contribution < 1.29 is 32.9 Å².